The summed E-state index contributed by atoms with van der Waals surface area (Å²) in [4.78, 5) is 3.29. The maximum atomic E-state index is 3.29. The summed E-state index contributed by atoms with van der Waals surface area (Å²) in [5.74, 6) is 0. The summed E-state index contributed by atoms with van der Waals surface area (Å²) in [7, 11) is 0. The van der Waals surface area contributed by atoms with Gasteiger partial charge < -0.3 is 4.98 Å². The van der Waals surface area contributed by atoms with Crippen molar-refractivity contribution < 1.29 is 1.43 Å². The van der Waals surface area contributed by atoms with Gasteiger partial charge in [-0.05, 0) is 37.4 Å². The number of rotatable bonds is 0. The molecule has 1 heteroatoms. The molecule has 2 rings (SSSR count). The van der Waals surface area contributed by atoms with E-state index in [1.807, 2.05) is 13.8 Å². The van der Waals surface area contributed by atoms with Crippen molar-refractivity contribution in [2.75, 3.05) is 0 Å². The molecule has 13 heavy (non-hydrogen) atoms. The van der Waals surface area contributed by atoms with Crippen LogP contribution in [0, 0.1) is 13.8 Å². The minimum atomic E-state index is 0. The Bertz CT molecular complexity index is 390. The molecule has 0 aliphatic heterocycles. The van der Waals surface area contributed by atoms with Crippen molar-refractivity contribution in [2.45, 2.75) is 27.7 Å². The molecule has 1 N–H and O–H groups in total. The number of nitrogens with one attached hydrogen (secondary N) is 1. The van der Waals surface area contributed by atoms with E-state index in [0.29, 0.717) is 0 Å². The van der Waals surface area contributed by atoms with Gasteiger partial charge >= 0.3 is 0 Å². The van der Waals surface area contributed by atoms with E-state index in [1.54, 1.807) is 0 Å². The van der Waals surface area contributed by atoms with Crippen LogP contribution < -0.4 is 0 Å². The molecular weight excluding hydrogens is 158 g/mol. The van der Waals surface area contributed by atoms with E-state index in [1.165, 1.54) is 22.2 Å². The summed E-state index contributed by atoms with van der Waals surface area (Å²) in [6, 6.07) is 8.61. The molecule has 0 radical (unpaired) electrons. The fraction of sp³-hybridized carbons (Fsp3) is 0.333. The molecule has 0 amide bonds. The fourth-order valence-corrected chi connectivity index (χ4v) is 1.40. The molecule has 0 bridgehead atoms. The van der Waals surface area contributed by atoms with Crippen molar-refractivity contribution in [3.05, 3.63) is 35.5 Å². The second kappa shape index (κ2) is 4.13. The van der Waals surface area contributed by atoms with Gasteiger partial charge in [0.15, 0.2) is 0 Å². The van der Waals surface area contributed by atoms with E-state index in [-0.39, 0.29) is 1.43 Å². The third-order valence-corrected chi connectivity index (χ3v) is 1.91. The number of aryl methyl sites for hydroxylation is 2. The van der Waals surface area contributed by atoms with E-state index in [4.69, 9.17) is 0 Å². The maximum absolute atomic E-state index is 3.29. The predicted octanol–water partition coefficient (Wildman–Crippen LogP) is 4.06. The minimum Gasteiger partial charge on any atom is -0.359 e. The lowest BCUT2D eigenvalue weighted by molar-refractivity contribution is 1.30. The Morgan fingerprint density at radius 1 is 1.08 bits per heavy atom. The second-order valence-corrected chi connectivity index (χ2v) is 3.04. The summed E-state index contributed by atoms with van der Waals surface area (Å²) in [6.45, 7) is 8.19. The van der Waals surface area contributed by atoms with Gasteiger partial charge in [0.25, 0.3) is 0 Å². The van der Waals surface area contributed by atoms with Crippen molar-refractivity contribution >= 4 is 10.9 Å². The van der Waals surface area contributed by atoms with Gasteiger partial charge in [-0.15, -0.1) is 0 Å². The molecule has 0 atom stereocenters. The van der Waals surface area contributed by atoms with E-state index in [2.05, 4.69) is 43.1 Å². The first-order valence-electron chi connectivity index (χ1n) is 4.82. The third-order valence-electron chi connectivity index (χ3n) is 1.91. The van der Waals surface area contributed by atoms with E-state index < -0.39 is 0 Å². The lowest BCUT2D eigenvalue weighted by Gasteiger charge is -1.90. The topological polar surface area (TPSA) is 15.8 Å². The summed E-state index contributed by atoms with van der Waals surface area (Å²) in [5.41, 5.74) is 3.77. The Kier molecular flexibility index (Phi) is 3.13. The SMILES string of the molecule is CC.Cc1ccc2[nH]c(C)cc2c1.[HH]. The monoisotopic (exact) mass is 177 g/mol. The average Bonchev–Trinajstić information content (AvgIpc) is 2.48. The predicted molar refractivity (Wildman–Crippen MR) is 61.2 cm³/mol. The quantitative estimate of drug-likeness (QED) is 0.624. The molecule has 1 heterocycles. The zero-order valence-corrected chi connectivity index (χ0v) is 8.81. The Morgan fingerprint density at radius 2 is 1.77 bits per heavy atom. The fourth-order valence-electron chi connectivity index (χ4n) is 1.40. The molecular formula is C12H19N. The zero-order chi connectivity index (χ0) is 9.84. The van der Waals surface area contributed by atoms with Crippen molar-refractivity contribution in [2.24, 2.45) is 0 Å². The molecule has 0 aliphatic carbocycles. The molecule has 0 spiro atoms. The Labute approximate surface area is 81.3 Å². The molecule has 0 aliphatic rings. The molecule has 1 aromatic heterocycles. The van der Waals surface area contributed by atoms with Crippen LogP contribution in [0.1, 0.15) is 26.5 Å². The summed E-state index contributed by atoms with van der Waals surface area (Å²) in [6.07, 6.45) is 0. The lowest BCUT2D eigenvalue weighted by Crippen LogP contribution is -1.70. The Hall–Kier alpha value is -1.24. The average molecular weight is 177 g/mol. The number of fused-ring (bicyclic) bond motifs is 1. The maximum Gasteiger partial charge on any atom is 0.0456 e. The van der Waals surface area contributed by atoms with Crippen LogP contribution in [0.15, 0.2) is 24.3 Å². The van der Waals surface area contributed by atoms with Crippen LogP contribution in [-0.2, 0) is 0 Å². The van der Waals surface area contributed by atoms with Gasteiger partial charge in [0.2, 0.25) is 0 Å². The van der Waals surface area contributed by atoms with Crippen LogP contribution in [0.2, 0.25) is 0 Å². The van der Waals surface area contributed by atoms with Crippen molar-refractivity contribution in [3.63, 3.8) is 0 Å². The largest absolute Gasteiger partial charge is 0.359 e. The normalized spacial score (nSPS) is 9.54. The number of hydrogen-bond acceptors (Lipinski definition) is 0. The van der Waals surface area contributed by atoms with E-state index in [9.17, 15) is 0 Å². The van der Waals surface area contributed by atoms with E-state index in [0.717, 1.165) is 0 Å². The highest BCUT2D eigenvalue weighted by atomic mass is 14.7. The Balaban J connectivity index is 0.000000531. The minimum absolute atomic E-state index is 0. The van der Waals surface area contributed by atoms with Gasteiger partial charge in [-0.1, -0.05) is 25.5 Å². The highest BCUT2D eigenvalue weighted by Gasteiger charge is 1.95. The van der Waals surface area contributed by atoms with Crippen LogP contribution >= 0.6 is 0 Å². The molecule has 1 aromatic carbocycles. The van der Waals surface area contributed by atoms with Crippen molar-refractivity contribution in [1.29, 1.82) is 0 Å². The smallest absolute Gasteiger partial charge is 0.0456 e. The van der Waals surface area contributed by atoms with Gasteiger partial charge in [-0.25, -0.2) is 0 Å². The van der Waals surface area contributed by atoms with Crippen molar-refractivity contribution in [3.8, 4) is 0 Å². The van der Waals surface area contributed by atoms with Gasteiger partial charge in [-0.2, -0.15) is 0 Å². The van der Waals surface area contributed by atoms with Gasteiger partial charge in [0, 0.05) is 12.6 Å². The zero-order valence-electron chi connectivity index (χ0n) is 8.81. The van der Waals surface area contributed by atoms with Crippen molar-refractivity contribution in [1.82, 2.24) is 4.98 Å². The number of aromatic nitrogens is 1. The second-order valence-electron chi connectivity index (χ2n) is 3.04. The number of benzene rings is 1. The van der Waals surface area contributed by atoms with Crippen LogP contribution in [0.25, 0.3) is 10.9 Å². The third kappa shape index (κ3) is 2.11. The van der Waals surface area contributed by atoms with E-state index >= 15 is 0 Å². The van der Waals surface area contributed by atoms with Gasteiger partial charge in [0.1, 0.15) is 0 Å². The first-order chi connectivity index (χ1) is 6.25. The summed E-state index contributed by atoms with van der Waals surface area (Å²) < 4.78 is 0. The van der Waals surface area contributed by atoms with Crippen LogP contribution in [0.5, 0.6) is 0 Å². The standard InChI is InChI=1S/C10H11N.C2H6.H2/c1-7-3-4-10-9(5-7)6-8(2)11-10;1-2;/h3-6,11H,1-2H3;1-2H3;1H. The first kappa shape index (κ1) is 9.85. The number of aromatic amines is 1. The number of H-pyrrole nitrogens is 1. The lowest BCUT2D eigenvalue weighted by atomic mass is 10.2. The van der Waals surface area contributed by atoms with Crippen LogP contribution in [0.4, 0.5) is 0 Å². The molecule has 0 unspecified atom stereocenters. The molecule has 0 saturated carbocycles. The highest BCUT2D eigenvalue weighted by molar-refractivity contribution is 5.80. The molecule has 2 aromatic rings. The van der Waals surface area contributed by atoms with Crippen LogP contribution in [-0.4, -0.2) is 4.98 Å². The van der Waals surface area contributed by atoms with Gasteiger partial charge in [0.05, 0.1) is 0 Å². The molecule has 0 saturated heterocycles. The highest BCUT2D eigenvalue weighted by Crippen LogP contribution is 2.15. The molecule has 0 fully saturated rings. The Morgan fingerprint density at radius 3 is 2.46 bits per heavy atom. The van der Waals surface area contributed by atoms with Gasteiger partial charge in [-0.3, -0.25) is 0 Å². The molecule has 1 nitrogen and oxygen atoms in total. The number of hydrogen-bond donors (Lipinski definition) is 1. The molecule has 72 valence electrons. The summed E-state index contributed by atoms with van der Waals surface area (Å²) >= 11 is 0. The first-order valence-corrected chi connectivity index (χ1v) is 4.82. The van der Waals surface area contributed by atoms with Crippen LogP contribution in [0.3, 0.4) is 0 Å². The summed E-state index contributed by atoms with van der Waals surface area (Å²) in [5, 5.41) is 1.31.